The Balaban J connectivity index is 2.48. The molecule has 0 radical (unpaired) electrons. The number of hydrogen-bond donors (Lipinski definition) is 3. The molecule has 0 aliphatic rings. The number of hydrogen-bond acceptors (Lipinski definition) is 4. The Morgan fingerprint density at radius 1 is 0.714 bits per heavy atom. The minimum atomic E-state index is -2.17. The van der Waals surface area contributed by atoms with Crippen molar-refractivity contribution in [2.45, 2.75) is 58.2 Å². The van der Waals surface area contributed by atoms with Gasteiger partial charge < -0.3 is 19.7 Å². The van der Waals surface area contributed by atoms with Crippen LogP contribution >= 0.6 is 0 Å². The Hall–Kier alpha value is -2.40. The standard InChI is InChI=1S/C23H32O4Si/c1-15(2)28(16(3)4,17(5)6)27-23-14-20(24)10-9-19(23)8-7-18-11-21(25)13-22(26)12-18/h7-17,24-26H,1-6H3. The van der Waals surface area contributed by atoms with Crippen LogP contribution in [-0.4, -0.2) is 23.6 Å². The monoisotopic (exact) mass is 400 g/mol. The minimum Gasteiger partial charge on any atom is -0.542 e. The molecule has 0 atom stereocenters. The van der Waals surface area contributed by atoms with Crippen LogP contribution in [0, 0.1) is 0 Å². The molecule has 4 nitrogen and oxygen atoms in total. The second kappa shape index (κ2) is 8.74. The van der Waals surface area contributed by atoms with Crippen molar-refractivity contribution in [1.29, 1.82) is 0 Å². The lowest BCUT2D eigenvalue weighted by Crippen LogP contribution is -2.50. The Morgan fingerprint density at radius 3 is 1.75 bits per heavy atom. The van der Waals surface area contributed by atoms with Gasteiger partial charge in [-0.05, 0) is 46.5 Å². The molecule has 0 aliphatic carbocycles. The molecule has 2 aromatic carbocycles. The van der Waals surface area contributed by atoms with E-state index in [1.54, 1.807) is 24.3 Å². The molecular formula is C23H32O4Si. The third-order valence-corrected chi connectivity index (χ3v) is 11.4. The summed E-state index contributed by atoms with van der Waals surface area (Å²) in [5.41, 5.74) is 2.76. The van der Waals surface area contributed by atoms with Crippen molar-refractivity contribution in [3.8, 4) is 23.0 Å². The highest BCUT2D eigenvalue weighted by Gasteiger charge is 2.47. The quantitative estimate of drug-likeness (QED) is 0.365. The highest BCUT2D eigenvalue weighted by molar-refractivity contribution is 6.78. The SMILES string of the molecule is CC(C)[Si](Oc1cc(O)ccc1C=Cc1cc(O)cc(O)c1)(C(C)C)C(C)C. The predicted molar refractivity (Wildman–Crippen MR) is 118 cm³/mol. The fraction of sp³-hybridized carbons (Fsp3) is 0.391. The molecular weight excluding hydrogens is 368 g/mol. The molecule has 2 rings (SSSR count). The van der Waals surface area contributed by atoms with Gasteiger partial charge in [0.05, 0.1) is 0 Å². The second-order valence-electron chi connectivity index (χ2n) is 8.26. The van der Waals surface area contributed by atoms with Crippen LogP contribution in [0.2, 0.25) is 16.6 Å². The normalized spacial score (nSPS) is 12.5. The summed E-state index contributed by atoms with van der Waals surface area (Å²) >= 11 is 0. The molecule has 0 saturated heterocycles. The largest absolute Gasteiger partial charge is 0.542 e. The van der Waals surface area contributed by atoms with Crippen LogP contribution in [0.25, 0.3) is 12.2 Å². The predicted octanol–water partition coefficient (Wildman–Crippen LogP) is 6.53. The molecule has 0 bridgehead atoms. The van der Waals surface area contributed by atoms with Crippen molar-refractivity contribution in [2.24, 2.45) is 0 Å². The van der Waals surface area contributed by atoms with Crippen LogP contribution in [0.3, 0.4) is 0 Å². The first-order chi connectivity index (χ1) is 13.1. The lowest BCUT2D eigenvalue weighted by molar-refractivity contribution is 0.450. The molecule has 0 saturated carbocycles. The van der Waals surface area contributed by atoms with Gasteiger partial charge in [0.25, 0.3) is 8.32 Å². The van der Waals surface area contributed by atoms with Gasteiger partial charge in [-0.2, -0.15) is 0 Å². The summed E-state index contributed by atoms with van der Waals surface area (Å²) in [6.45, 7) is 13.3. The maximum absolute atomic E-state index is 10.1. The smallest absolute Gasteiger partial charge is 0.258 e. The molecule has 2 aromatic rings. The summed E-state index contributed by atoms with van der Waals surface area (Å²) in [6.07, 6.45) is 3.69. The molecule has 0 fully saturated rings. The topological polar surface area (TPSA) is 69.9 Å². The lowest BCUT2D eigenvalue weighted by Gasteiger charge is -2.42. The van der Waals surface area contributed by atoms with Crippen LogP contribution in [0.15, 0.2) is 36.4 Å². The van der Waals surface area contributed by atoms with E-state index in [1.165, 1.54) is 6.07 Å². The molecule has 5 heteroatoms. The van der Waals surface area contributed by atoms with E-state index in [-0.39, 0.29) is 17.2 Å². The number of aromatic hydroxyl groups is 3. The summed E-state index contributed by atoms with van der Waals surface area (Å²) in [6, 6.07) is 9.58. The summed E-state index contributed by atoms with van der Waals surface area (Å²) in [4.78, 5) is 0. The number of rotatable bonds is 7. The Kier molecular flexibility index (Phi) is 6.83. The van der Waals surface area contributed by atoms with Gasteiger partial charge in [0.15, 0.2) is 0 Å². The van der Waals surface area contributed by atoms with Crippen molar-refractivity contribution >= 4 is 20.5 Å². The van der Waals surface area contributed by atoms with E-state index >= 15 is 0 Å². The van der Waals surface area contributed by atoms with E-state index in [0.717, 1.165) is 5.56 Å². The van der Waals surface area contributed by atoms with Gasteiger partial charge in [0.1, 0.15) is 23.0 Å². The molecule has 28 heavy (non-hydrogen) atoms. The molecule has 0 heterocycles. The third kappa shape index (κ3) is 4.71. The van der Waals surface area contributed by atoms with Crippen molar-refractivity contribution in [1.82, 2.24) is 0 Å². The van der Waals surface area contributed by atoms with Crippen LogP contribution < -0.4 is 4.43 Å². The fourth-order valence-electron chi connectivity index (χ4n) is 4.19. The summed E-state index contributed by atoms with van der Waals surface area (Å²) in [7, 11) is -2.17. The van der Waals surface area contributed by atoms with Gasteiger partial charge in [-0.1, -0.05) is 53.7 Å². The van der Waals surface area contributed by atoms with E-state index in [9.17, 15) is 15.3 Å². The molecule has 0 aromatic heterocycles. The zero-order valence-electron chi connectivity index (χ0n) is 17.6. The van der Waals surface area contributed by atoms with E-state index in [4.69, 9.17) is 4.43 Å². The Labute approximate surface area is 169 Å². The average molecular weight is 401 g/mol. The van der Waals surface area contributed by atoms with Gasteiger partial charge in [-0.25, -0.2) is 0 Å². The molecule has 3 N–H and O–H groups in total. The maximum Gasteiger partial charge on any atom is 0.258 e. The van der Waals surface area contributed by atoms with Crippen LogP contribution in [-0.2, 0) is 0 Å². The lowest BCUT2D eigenvalue weighted by atomic mass is 10.1. The zero-order chi connectivity index (χ0) is 21.1. The number of phenolic OH excluding ortho intramolecular Hbond substituents is 3. The van der Waals surface area contributed by atoms with Crippen molar-refractivity contribution < 1.29 is 19.7 Å². The van der Waals surface area contributed by atoms with Crippen molar-refractivity contribution in [3.05, 3.63) is 47.5 Å². The molecule has 0 amide bonds. The minimum absolute atomic E-state index is 0.00711. The highest BCUT2D eigenvalue weighted by atomic mass is 28.4. The van der Waals surface area contributed by atoms with E-state index in [1.807, 2.05) is 18.2 Å². The van der Waals surface area contributed by atoms with Gasteiger partial charge in [0, 0.05) is 17.7 Å². The van der Waals surface area contributed by atoms with Crippen molar-refractivity contribution in [3.63, 3.8) is 0 Å². The summed E-state index contributed by atoms with van der Waals surface area (Å²) < 4.78 is 6.76. The second-order valence-corrected chi connectivity index (χ2v) is 13.6. The van der Waals surface area contributed by atoms with Crippen LogP contribution in [0.5, 0.6) is 23.0 Å². The summed E-state index contributed by atoms with van der Waals surface area (Å²) in [5, 5.41) is 29.4. The van der Waals surface area contributed by atoms with Crippen LogP contribution in [0.1, 0.15) is 52.7 Å². The third-order valence-electron chi connectivity index (χ3n) is 5.37. The highest BCUT2D eigenvalue weighted by Crippen LogP contribution is 2.44. The average Bonchev–Trinajstić information content (AvgIpc) is 2.57. The van der Waals surface area contributed by atoms with Crippen LogP contribution in [0.4, 0.5) is 0 Å². The Morgan fingerprint density at radius 2 is 1.25 bits per heavy atom. The van der Waals surface area contributed by atoms with Gasteiger partial charge >= 0.3 is 0 Å². The first-order valence-electron chi connectivity index (χ1n) is 9.79. The van der Waals surface area contributed by atoms with E-state index in [2.05, 4.69) is 41.5 Å². The number of phenols is 3. The summed E-state index contributed by atoms with van der Waals surface area (Å²) in [5.74, 6) is 0.852. The van der Waals surface area contributed by atoms with E-state index < -0.39 is 8.32 Å². The fourth-order valence-corrected chi connectivity index (χ4v) is 9.46. The first kappa shape index (κ1) is 21.9. The van der Waals surface area contributed by atoms with Crippen molar-refractivity contribution in [2.75, 3.05) is 0 Å². The van der Waals surface area contributed by atoms with E-state index in [0.29, 0.717) is 27.9 Å². The molecule has 0 unspecified atom stereocenters. The Bertz CT molecular complexity index is 798. The number of benzene rings is 2. The zero-order valence-corrected chi connectivity index (χ0v) is 18.6. The maximum atomic E-state index is 10.1. The molecule has 0 aliphatic heterocycles. The first-order valence-corrected chi connectivity index (χ1v) is 11.9. The van der Waals surface area contributed by atoms with Gasteiger partial charge in [0.2, 0.25) is 0 Å². The van der Waals surface area contributed by atoms with Gasteiger partial charge in [-0.15, -0.1) is 0 Å². The van der Waals surface area contributed by atoms with Gasteiger partial charge in [-0.3, -0.25) is 0 Å². The molecule has 0 spiro atoms. The molecule has 152 valence electrons.